The molecule has 8 heteroatoms. The highest BCUT2D eigenvalue weighted by atomic mass is 16.6. The Hall–Kier alpha value is -2.64. The van der Waals surface area contributed by atoms with E-state index in [0.717, 1.165) is 0 Å². The van der Waals surface area contributed by atoms with E-state index in [4.69, 9.17) is 5.11 Å². The van der Waals surface area contributed by atoms with Gasteiger partial charge in [0.1, 0.15) is 0 Å². The number of amides is 2. The number of para-hydroxylation sites is 1. The number of nitro groups is 1. The maximum Gasteiger partial charge on any atom is 0.317 e. The van der Waals surface area contributed by atoms with Gasteiger partial charge in [-0.05, 0) is 19.8 Å². The van der Waals surface area contributed by atoms with Gasteiger partial charge in [0.25, 0.3) is 5.69 Å². The molecule has 2 rings (SSSR count). The van der Waals surface area contributed by atoms with Crippen molar-refractivity contribution in [2.45, 2.75) is 19.8 Å². The van der Waals surface area contributed by atoms with Gasteiger partial charge in [-0.25, -0.2) is 4.79 Å². The Morgan fingerprint density at radius 3 is 2.74 bits per heavy atom. The third-order valence-electron chi connectivity index (χ3n) is 4.14. The summed E-state index contributed by atoms with van der Waals surface area (Å²) in [6.45, 7) is 2.43. The van der Waals surface area contributed by atoms with Crippen LogP contribution in [0.15, 0.2) is 24.3 Å². The van der Waals surface area contributed by atoms with Gasteiger partial charge in [0, 0.05) is 31.3 Å². The van der Waals surface area contributed by atoms with Gasteiger partial charge >= 0.3 is 12.0 Å². The summed E-state index contributed by atoms with van der Waals surface area (Å²) in [6, 6.07) is 6.05. The third-order valence-corrected chi connectivity index (χ3v) is 4.14. The summed E-state index contributed by atoms with van der Waals surface area (Å²) in [5, 5.41) is 22.8. The van der Waals surface area contributed by atoms with Crippen molar-refractivity contribution in [1.29, 1.82) is 0 Å². The number of hydrogen-bond acceptors (Lipinski definition) is 4. The molecule has 0 aliphatic carbocycles. The number of rotatable bonds is 5. The Balaban J connectivity index is 1.87. The van der Waals surface area contributed by atoms with Crippen LogP contribution in [-0.2, 0) is 11.2 Å². The van der Waals surface area contributed by atoms with E-state index in [1.165, 1.54) is 11.0 Å². The number of carboxylic acids is 1. The molecule has 0 radical (unpaired) electrons. The first-order valence-electron chi connectivity index (χ1n) is 7.32. The summed E-state index contributed by atoms with van der Waals surface area (Å²) in [5.41, 5.74) is -0.328. The predicted molar refractivity (Wildman–Crippen MR) is 82.1 cm³/mol. The molecule has 1 atom stereocenters. The van der Waals surface area contributed by atoms with Gasteiger partial charge < -0.3 is 15.3 Å². The van der Waals surface area contributed by atoms with E-state index >= 15 is 0 Å². The summed E-state index contributed by atoms with van der Waals surface area (Å²) in [6.07, 6.45) is 0.757. The van der Waals surface area contributed by atoms with E-state index in [-0.39, 0.29) is 24.8 Å². The molecule has 0 aromatic heterocycles. The van der Waals surface area contributed by atoms with E-state index < -0.39 is 16.3 Å². The largest absolute Gasteiger partial charge is 0.481 e. The summed E-state index contributed by atoms with van der Waals surface area (Å²) in [7, 11) is 0. The molecule has 1 aromatic rings. The summed E-state index contributed by atoms with van der Waals surface area (Å²) < 4.78 is 0. The maximum atomic E-state index is 12.1. The predicted octanol–water partition coefficient (Wildman–Crippen LogP) is 1.64. The molecule has 1 aliphatic rings. The number of nitrogens with one attached hydrogen (secondary N) is 1. The minimum Gasteiger partial charge on any atom is -0.481 e. The summed E-state index contributed by atoms with van der Waals surface area (Å²) in [5.74, 6) is -0.910. The zero-order valence-corrected chi connectivity index (χ0v) is 12.8. The van der Waals surface area contributed by atoms with E-state index in [1.54, 1.807) is 25.1 Å². The van der Waals surface area contributed by atoms with Crippen LogP contribution < -0.4 is 5.32 Å². The molecule has 0 bridgehead atoms. The monoisotopic (exact) mass is 321 g/mol. The molecule has 8 nitrogen and oxygen atoms in total. The summed E-state index contributed by atoms with van der Waals surface area (Å²) >= 11 is 0. The average Bonchev–Trinajstić information content (AvgIpc) is 2.91. The van der Waals surface area contributed by atoms with Crippen LogP contribution in [0.1, 0.15) is 18.9 Å². The molecule has 0 spiro atoms. The van der Waals surface area contributed by atoms with Gasteiger partial charge in [0.2, 0.25) is 0 Å². The standard InChI is InChI=1S/C15H19N3O5/c1-15(13(19)20)7-9-17(10-15)14(21)16-8-6-11-4-2-3-5-12(11)18(22)23/h2-5H,6-10H2,1H3,(H,16,21)(H,19,20). The number of nitro benzene ring substituents is 1. The van der Waals surface area contributed by atoms with Crippen molar-refractivity contribution in [1.82, 2.24) is 10.2 Å². The highest BCUT2D eigenvalue weighted by molar-refractivity contribution is 5.79. The quantitative estimate of drug-likeness (QED) is 0.632. The molecule has 0 saturated carbocycles. The lowest BCUT2D eigenvalue weighted by molar-refractivity contribution is -0.385. The van der Waals surface area contributed by atoms with E-state index in [2.05, 4.69) is 5.32 Å². The molecule has 1 fully saturated rings. The molecule has 1 saturated heterocycles. The van der Waals surface area contributed by atoms with E-state index in [1.807, 2.05) is 0 Å². The topological polar surface area (TPSA) is 113 Å². The van der Waals surface area contributed by atoms with Gasteiger partial charge in [-0.3, -0.25) is 14.9 Å². The number of hydrogen-bond donors (Lipinski definition) is 2. The van der Waals surface area contributed by atoms with Crippen LogP contribution in [0.2, 0.25) is 0 Å². The van der Waals surface area contributed by atoms with Gasteiger partial charge in [-0.2, -0.15) is 0 Å². The number of likely N-dealkylation sites (tertiary alicyclic amines) is 1. The number of carbonyl (C=O) groups excluding carboxylic acids is 1. The van der Waals surface area contributed by atoms with Crippen molar-refractivity contribution >= 4 is 17.7 Å². The van der Waals surface area contributed by atoms with Crippen molar-refractivity contribution in [3.63, 3.8) is 0 Å². The molecule has 2 N–H and O–H groups in total. The van der Waals surface area contributed by atoms with Crippen LogP contribution in [-0.4, -0.2) is 46.6 Å². The third kappa shape index (κ3) is 3.77. The van der Waals surface area contributed by atoms with Crippen LogP contribution in [0.3, 0.4) is 0 Å². The lowest BCUT2D eigenvalue weighted by Gasteiger charge is -2.20. The van der Waals surface area contributed by atoms with Crippen LogP contribution in [0.4, 0.5) is 10.5 Å². The number of nitrogens with zero attached hydrogens (tertiary/aromatic N) is 2. The van der Waals surface area contributed by atoms with Gasteiger partial charge in [-0.1, -0.05) is 18.2 Å². The molecule has 1 aromatic carbocycles. The van der Waals surface area contributed by atoms with E-state index in [0.29, 0.717) is 24.9 Å². The molecular weight excluding hydrogens is 302 g/mol. The minimum absolute atomic E-state index is 0.0290. The fourth-order valence-corrected chi connectivity index (χ4v) is 2.63. The van der Waals surface area contributed by atoms with E-state index in [9.17, 15) is 19.7 Å². The first-order valence-corrected chi connectivity index (χ1v) is 7.32. The normalized spacial score (nSPS) is 20.3. The number of carbonyl (C=O) groups is 2. The Bertz CT molecular complexity index is 633. The average molecular weight is 321 g/mol. The lowest BCUT2D eigenvalue weighted by atomic mass is 9.90. The highest BCUT2D eigenvalue weighted by Crippen LogP contribution is 2.29. The Morgan fingerprint density at radius 2 is 2.13 bits per heavy atom. The first-order chi connectivity index (χ1) is 10.8. The minimum atomic E-state index is -0.910. The molecule has 124 valence electrons. The number of benzene rings is 1. The second-order valence-electron chi connectivity index (χ2n) is 5.91. The van der Waals surface area contributed by atoms with Crippen molar-refractivity contribution in [2.24, 2.45) is 5.41 Å². The SMILES string of the molecule is CC1(C(=O)O)CCN(C(=O)NCCc2ccccc2[N+](=O)[O-])C1. The number of carboxylic acid groups (broad SMARTS) is 1. The van der Waals surface area contributed by atoms with Gasteiger partial charge in [0.15, 0.2) is 0 Å². The molecular formula is C15H19N3O5. The van der Waals surface area contributed by atoms with Crippen molar-refractivity contribution < 1.29 is 19.6 Å². The first kappa shape index (κ1) is 16.7. The van der Waals surface area contributed by atoms with Crippen LogP contribution in [0.25, 0.3) is 0 Å². The van der Waals surface area contributed by atoms with Crippen molar-refractivity contribution in [2.75, 3.05) is 19.6 Å². The fourth-order valence-electron chi connectivity index (χ4n) is 2.63. The van der Waals surface area contributed by atoms with Crippen LogP contribution >= 0.6 is 0 Å². The molecule has 23 heavy (non-hydrogen) atoms. The molecule has 1 heterocycles. The fraction of sp³-hybridized carbons (Fsp3) is 0.467. The maximum absolute atomic E-state index is 12.1. The second-order valence-corrected chi connectivity index (χ2v) is 5.91. The highest BCUT2D eigenvalue weighted by Gasteiger charge is 2.42. The Kier molecular flexibility index (Phi) is 4.83. The smallest absolute Gasteiger partial charge is 0.317 e. The zero-order chi connectivity index (χ0) is 17.0. The Morgan fingerprint density at radius 1 is 1.43 bits per heavy atom. The second kappa shape index (κ2) is 6.64. The zero-order valence-electron chi connectivity index (χ0n) is 12.8. The van der Waals surface area contributed by atoms with Crippen molar-refractivity contribution in [3.8, 4) is 0 Å². The van der Waals surface area contributed by atoms with Gasteiger partial charge in [-0.15, -0.1) is 0 Å². The van der Waals surface area contributed by atoms with Crippen molar-refractivity contribution in [3.05, 3.63) is 39.9 Å². The van der Waals surface area contributed by atoms with Crippen LogP contribution in [0, 0.1) is 15.5 Å². The molecule has 2 amide bonds. The van der Waals surface area contributed by atoms with Gasteiger partial charge in [0.05, 0.1) is 10.3 Å². The van der Waals surface area contributed by atoms with Crippen LogP contribution in [0.5, 0.6) is 0 Å². The lowest BCUT2D eigenvalue weighted by Crippen LogP contribution is -2.41. The Labute approximate surface area is 133 Å². The molecule has 1 unspecified atom stereocenters. The summed E-state index contributed by atoms with van der Waals surface area (Å²) in [4.78, 5) is 35.2. The number of aliphatic carboxylic acids is 1. The molecule has 1 aliphatic heterocycles. The number of urea groups is 1.